The molecular formula is C35H42. The van der Waals surface area contributed by atoms with Crippen LogP contribution in [0.3, 0.4) is 0 Å². The number of hydrogen-bond donors (Lipinski definition) is 0. The summed E-state index contributed by atoms with van der Waals surface area (Å²) < 4.78 is 0. The van der Waals surface area contributed by atoms with Gasteiger partial charge in [-0.05, 0) is 122 Å². The predicted molar refractivity (Wildman–Crippen MR) is 153 cm³/mol. The van der Waals surface area contributed by atoms with E-state index in [1.54, 1.807) is 0 Å². The number of rotatable bonds is 9. The third kappa shape index (κ3) is 6.04. The second-order valence-electron chi connectivity index (χ2n) is 10.7. The van der Waals surface area contributed by atoms with Gasteiger partial charge in [-0.2, -0.15) is 0 Å². The minimum atomic E-state index is 0.538. The molecule has 4 rings (SSSR count). The maximum absolute atomic E-state index is 4.40. The van der Waals surface area contributed by atoms with Gasteiger partial charge in [0.1, 0.15) is 0 Å². The summed E-state index contributed by atoms with van der Waals surface area (Å²) in [6.07, 6.45) is 9.15. The number of hydrogen-bond acceptors (Lipinski definition) is 0. The smallest absolute Gasteiger partial charge is 0.00456 e. The van der Waals surface area contributed by atoms with E-state index in [0.29, 0.717) is 5.92 Å². The van der Waals surface area contributed by atoms with Crippen molar-refractivity contribution < 1.29 is 0 Å². The van der Waals surface area contributed by atoms with Crippen LogP contribution in [0.1, 0.15) is 95.5 Å². The lowest BCUT2D eigenvalue weighted by Gasteiger charge is -2.27. The molecule has 0 spiro atoms. The molecule has 0 heterocycles. The largest absolute Gasteiger partial charge is 0.0995 e. The molecule has 0 nitrogen and oxygen atoms in total. The highest BCUT2D eigenvalue weighted by atomic mass is 14.3. The molecule has 35 heavy (non-hydrogen) atoms. The summed E-state index contributed by atoms with van der Waals surface area (Å²) in [5.74, 6) is 0.538. The monoisotopic (exact) mass is 462 g/mol. The SMILES string of the molecule is C=C(CCCc1ccc(C)cc1CC)c1ccc(Cc2cc3c(cc2C)C(C(=C)C)CCC3)cc1. The summed E-state index contributed by atoms with van der Waals surface area (Å²) in [5, 5.41) is 0. The van der Waals surface area contributed by atoms with Gasteiger partial charge in [-0.25, -0.2) is 0 Å². The van der Waals surface area contributed by atoms with Crippen molar-refractivity contribution in [3.8, 4) is 0 Å². The molecule has 0 heteroatoms. The Morgan fingerprint density at radius 3 is 2.40 bits per heavy atom. The summed E-state index contributed by atoms with van der Waals surface area (Å²) in [7, 11) is 0. The van der Waals surface area contributed by atoms with Crippen LogP contribution in [0.2, 0.25) is 0 Å². The van der Waals surface area contributed by atoms with Crippen LogP contribution in [0.4, 0.5) is 0 Å². The van der Waals surface area contributed by atoms with Crippen molar-refractivity contribution in [2.45, 2.75) is 85.0 Å². The molecule has 0 aromatic heterocycles. The van der Waals surface area contributed by atoms with Crippen LogP contribution in [0.5, 0.6) is 0 Å². The van der Waals surface area contributed by atoms with E-state index in [1.807, 2.05) is 0 Å². The van der Waals surface area contributed by atoms with E-state index < -0.39 is 0 Å². The van der Waals surface area contributed by atoms with Crippen LogP contribution < -0.4 is 0 Å². The van der Waals surface area contributed by atoms with Crippen molar-refractivity contribution in [3.63, 3.8) is 0 Å². The van der Waals surface area contributed by atoms with Gasteiger partial charge in [0.05, 0.1) is 0 Å². The second kappa shape index (κ2) is 11.3. The second-order valence-corrected chi connectivity index (χ2v) is 10.7. The van der Waals surface area contributed by atoms with Crippen LogP contribution >= 0.6 is 0 Å². The Bertz CT molecular complexity index is 1210. The molecule has 0 aliphatic heterocycles. The van der Waals surface area contributed by atoms with Crippen molar-refractivity contribution in [2.75, 3.05) is 0 Å². The average Bonchev–Trinajstić information content (AvgIpc) is 2.85. The number of aryl methyl sites for hydroxylation is 5. The number of fused-ring (bicyclic) bond motifs is 1. The molecular weight excluding hydrogens is 420 g/mol. The molecule has 3 aromatic rings. The van der Waals surface area contributed by atoms with E-state index in [0.717, 1.165) is 32.1 Å². The van der Waals surface area contributed by atoms with Gasteiger partial charge in [-0.15, -0.1) is 0 Å². The summed E-state index contributed by atoms with van der Waals surface area (Å²) in [6.45, 7) is 17.6. The quantitative estimate of drug-likeness (QED) is 0.278. The average molecular weight is 463 g/mol. The Balaban J connectivity index is 1.38. The van der Waals surface area contributed by atoms with Gasteiger partial charge in [0.25, 0.3) is 0 Å². The molecule has 1 atom stereocenters. The van der Waals surface area contributed by atoms with Crippen LogP contribution in [0, 0.1) is 13.8 Å². The molecule has 1 aliphatic rings. The first-order valence-electron chi connectivity index (χ1n) is 13.5. The van der Waals surface area contributed by atoms with Gasteiger partial charge < -0.3 is 0 Å². The predicted octanol–water partition coefficient (Wildman–Crippen LogP) is 9.49. The molecule has 1 aliphatic carbocycles. The zero-order chi connectivity index (χ0) is 24.9. The maximum atomic E-state index is 4.40. The summed E-state index contributed by atoms with van der Waals surface area (Å²) >= 11 is 0. The van der Waals surface area contributed by atoms with Gasteiger partial charge in [0, 0.05) is 5.92 Å². The van der Waals surface area contributed by atoms with Gasteiger partial charge in [0.2, 0.25) is 0 Å². The van der Waals surface area contributed by atoms with E-state index in [-0.39, 0.29) is 0 Å². The van der Waals surface area contributed by atoms with E-state index in [9.17, 15) is 0 Å². The van der Waals surface area contributed by atoms with E-state index in [2.05, 4.69) is 95.5 Å². The van der Waals surface area contributed by atoms with Crippen molar-refractivity contribution in [2.24, 2.45) is 0 Å². The Hall–Kier alpha value is -2.86. The van der Waals surface area contributed by atoms with Crippen LogP contribution in [-0.4, -0.2) is 0 Å². The summed E-state index contributed by atoms with van der Waals surface area (Å²) in [5.41, 5.74) is 15.5. The standard InChI is InChI=1S/C35H42/c1-7-29-20-25(4)14-17-31(29)11-8-10-26(5)30-18-15-28(16-19-30)22-33-23-32-12-9-13-34(24(2)3)35(32)21-27(33)6/h14-21,23,34H,2,5,7-13,22H2,1,3-4,6H3. The van der Waals surface area contributed by atoms with Crippen LogP contribution in [-0.2, 0) is 25.7 Å². The zero-order valence-corrected chi connectivity index (χ0v) is 22.3. The van der Waals surface area contributed by atoms with Crippen LogP contribution in [0.15, 0.2) is 73.3 Å². The summed E-state index contributed by atoms with van der Waals surface area (Å²) in [6, 6.07) is 20.9. The fraction of sp³-hybridized carbons (Fsp3) is 0.371. The lowest BCUT2D eigenvalue weighted by Crippen LogP contribution is -2.12. The summed E-state index contributed by atoms with van der Waals surface area (Å²) in [4.78, 5) is 0. The van der Waals surface area contributed by atoms with E-state index >= 15 is 0 Å². The highest BCUT2D eigenvalue weighted by Crippen LogP contribution is 2.37. The minimum Gasteiger partial charge on any atom is -0.0995 e. The topological polar surface area (TPSA) is 0 Å². The highest BCUT2D eigenvalue weighted by molar-refractivity contribution is 5.63. The Labute approximate surface area is 213 Å². The Morgan fingerprint density at radius 2 is 1.69 bits per heavy atom. The van der Waals surface area contributed by atoms with E-state index in [4.69, 9.17) is 0 Å². The minimum absolute atomic E-state index is 0.538. The lowest BCUT2D eigenvalue weighted by molar-refractivity contribution is 0.607. The molecule has 0 amide bonds. The molecule has 0 saturated carbocycles. The van der Waals surface area contributed by atoms with Crippen molar-refractivity contribution in [1.29, 1.82) is 0 Å². The zero-order valence-electron chi connectivity index (χ0n) is 22.3. The van der Waals surface area contributed by atoms with E-state index in [1.165, 1.54) is 80.5 Å². The molecule has 1 unspecified atom stereocenters. The first-order chi connectivity index (χ1) is 16.9. The number of allylic oxidation sites excluding steroid dienone is 2. The Morgan fingerprint density at radius 1 is 0.914 bits per heavy atom. The molecule has 0 radical (unpaired) electrons. The first kappa shape index (κ1) is 25.2. The third-order valence-electron chi connectivity index (χ3n) is 7.93. The number of benzene rings is 3. The molecule has 0 fully saturated rings. The maximum Gasteiger partial charge on any atom is 0.00456 e. The fourth-order valence-corrected chi connectivity index (χ4v) is 5.76. The van der Waals surface area contributed by atoms with Crippen molar-refractivity contribution in [3.05, 3.63) is 123 Å². The normalized spacial score (nSPS) is 15.0. The van der Waals surface area contributed by atoms with Crippen molar-refractivity contribution in [1.82, 2.24) is 0 Å². The van der Waals surface area contributed by atoms with Gasteiger partial charge in [-0.1, -0.05) is 85.8 Å². The van der Waals surface area contributed by atoms with Gasteiger partial charge in [0.15, 0.2) is 0 Å². The molecule has 0 bridgehead atoms. The fourth-order valence-electron chi connectivity index (χ4n) is 5.76. The van der Waals surface area contributed by atoms with Gasteiger partial charge in [-0.3, -0.25) is 0 Å². The lowest BCUT2D eigenvalue weighted by atomic mass is 9.77. The van der Waals surface area contributed by atoms with Gasteiger partial charge >= 0.3 is 0 Å². The molecule has 3 aromatic carbocycles. The molecule has 0 N–H and O–H groups in total. The Kier molecular flexibility index (Phi) is 8.11. The molecule has 0 saturated heterocycles. The van der Waals surface area contributed by atoms with Crippen LogP contribution in [0.25, 0.3) is 5.57 Å². The first-order valence-corrected chi connectivity index (χ1v) is 13.5. The van der Waals surface area contributed by atoms with Crippen molar-refractivity contribution >= 4 is 5.57 Å². The molecule has 182 valence electrons. The highest BCUT2D eigenvalue weighted by Gasteiger charge is 2.22. The third-order valence-corrected chi connectivity index (χ3v) is 7.93.